The molecular formula is C18H18F3NO4S. The van der Waals surface area contributed by atoms with Gasteiger partial charge >= 0.3 is 6.43 Å². The number of halogens is 3. The number of carbonyl (C=O) groups is 1. The van der Waals surface area contributed by atoms with Crippen LogP contribution in [0.1, 0.15) is 16.5 Å². The van der Waals surface area contributed by atoms with Gasteiger partial charge in [0.25, 0.3) is 5.91 Å². The lowest BCUT2D eigenvalue weighted by Crippen LogP contribution is -2.45. The summed E-state index contributed by atoms with van der Waals surface area (Å²) in [5.74, 6) is -1.63. The maximum Gasteiger partial charge on any atom is 0.315 e. The van der Waals surface area contributed by atoms with Crippen molar-refractivity contribution < 1.29 is 32.9 Å². The van der Waals surface area contributed by atoms with Gasteiger partial charge in [0.2, 0.25) is 0 Å². The molecule has 5 nitrogen and oxygen atoms in total. The number of hydrogen-bond donors (Lipinski definition) is 3. The Bertz CT molecular complexity index is 792. The Morgan fingerprint density at radius 2 is 1.89 bits per heavy atom. The smallest absolute Gasteiger partial charge is 0.315 e. The highest BCUT2D eigenvalue weighted by atomic mass is 32.1. The normalized spacial score (nSPS) is 18.0. The minimum atomic E-state index is -3.28. The molecule has 2 atom stereocenters. The Labute approximate surface area is 157 Å². The maximum atomic E-state index is 13.1. The Hall–Kier alpha value is -1.94. The van der Waals surface area contributed by atoms with Gasteiger partial charge < -0.3 is 20.3 Å². The average Bonchev–Trinajstić information content (AvgIpc) is 3.14. The van der Waals surface area contributed by atoms with E-state index in [1.165, 1.54) is 23.5 Å². The summed E-state index contributed by atoms with van der Waals surface area (Å²) in [6.07, 6.45) is -4.74. The fourth-order valence-electron chi connectivity index (χ4n) is 2.71. The minimum Gasteiger partial charge on any atom is -0.386 e. The van der Waals surface area contributed by atoms with Crippen LogP contribution in [-0.4, -0.2) is 48.5 Å². The number of alkyl halides is 3. The van der Waals surface area contributed by atoms with Crippen LogP contribution >= 0.6 is 11.3 Å². The van der Waals surface area contributed by atoms with E-state index in [4.69, 9.17) is 4.74 Å². The van der Waals surface area contributed by atoms with Gasteiger partial charge in [0, 0.05) is 9.75 Å². The van der Waals surface area contributed by atoms with Crippen LogP contribution in [0.2, 0.25) is 0 Å². The molecule has 146 valence electrons. The van der Waals surface area contributed by atoms with E-state index >= 15 is 0 Å². The Morgan fingerprint density at radius 3 is 2.41 bits per heavy atom. The van der Waals surface area contributed by atoms with Crippen LogP contribution in [-0.2, 0) is 15.1 Å². The van der Waals surface area contributed by atoms with Gasteiger partial charge in [-0.1, -0.05) is 24.3 Å². The molecule has 1 aliphatic heterocycles. The largest absolute Gasteiger partial charge is 0.386 e. The van der Waals surface area contributed by atoms with Gasteiger partial charge in [-0.05, 0) is 23.3 Å². The van der Waals surface area contributed by atoms with E-state index in [9.17, 15) is 28.2 Å². The highest BCUT2D eigenvalue weighted by Crippen LogP contribution is 2.38. The van der Waals surface area contributed by atoms with Crippen molar-refractivity contribution in [3.63, 3.8) is 0 Å². The van der Waals surface area contributed by atoms with Crippen LogP contribution in [0.3, 0.4) is 0 Å². The first-order valence-corrected chi connectivity index (χ1v) is 8.99. The van der Waals surface area contributed by atoms with Crippen LogP contribution < -0.4 is 5.32 Å². The molecule has 1 aliphatic rings. The van der Waals surface area contributed by atoms with E-state index in [2.05, 4.69) is 0 Å². The number of aliphatic hydroxyl groups excluding tert-OH is 1. The predicted octanol–water partition coefficient (Wildman–Crippen LogP) is 2.39. The number of rotatable bonds is 7. The van der Waals surface area contributed by atoms with Crippen molar-refractivity contribution >= 4 is 17.2 Å². The standard InChI is InChI=1S/C18H18F3NO4S/c19-7-12(22-17(24)16(20)21)15(23)11-3-1-10(2-4-11)13-5-6-14(27-13)18(25)8-26-9-18/h1-6,12,15-16,23,25H,7-9H2,(H,22,24)/t12-,15-/m1/s1. The second-order valence-electron chi connectivity index (χ2n) is 6.33. The van der Waals surface area contributed by atoms with E-state index in [1.54, 1.807) is 17.4 Å². The minimum absolute atomic E-state index is 0.257. The van der Waals surface area contributed by atoms with Crippen LogP contribution in [0.25, 0.3) is 10.4 Å². The third-order valence-electron chi connectivity index (χ3n) is 4.36. The molecule has 1 saturated heterocycles. The van der Waals surface area contributed by atoms with Crippen molar-refractivity contribution in [2.45, 2.75) is 24.2 Å². The number of aliphatic hydroxyl groups is 2. The number of benzene rings is 1. The molecule has 2 heterocycles. The van der Waals surface area contributed by atoms with Gasteiger partial charge in [-0.2, -0.15) is 8.78 Å². The molecular weight excluding hydrogens is 383 g/mol. The zero-order valence-electron chi connectivity index (χ0n) is 14.1. The number of hydrogen-bond acceptors (Lipinski definition) is 5. The summed E-state index contributed by atoms with van der Waals surface area (Å²) in [7, 11) is 0. The number of carbonyl (C=O) groups excluding carboxylic acids is 1. The molecule has 0 unspecified atom stereocenters. The molecule has 1 aromatic carbocycles. The molecule has 3 N–H and O–H groups in total. The van der Waals surface area contributed by atoms with Crippen LogP contribution in [0.5, 0.6) is 0 Å². The van der Waals surface area contributed by atoms with Crippen molar-refractivity contribution in [1.29, 1.82) is 0 Å². The summed E-state index contributed by atoms with van der Waals surface area (Å²) in [5, 5.41) is 22.3. The number of nitrogens with one attached hydrogen (secondary N) is 1. The highest BCUT2D eigenvalue weighted by Gasteiger charge is 2.39. The third kappa shape index (κ3) is 4.16. The van der Waals surface area contributed by atoms with Gasteiger partial charge in [-0.25, -0.2) is 4.39 Å². The SMILES string of the molecule is O=C(N[C@H](CF)[C@H](O)c1ccc(-c2ccc(C3(O)COC3)s2)cc1)C(F)F. The quantitative estimate of drug-likeness (QED) is 0.666. The molecule has 27 heavy (non-hydrogen) atoms. The summed E-state index contributed by atoms with van der Waals surface area (Å²) in [6.45, 7) is -0.670. The van der Waals surface area contributed by atoms with Crippen molar-refractivity contribution in [3.05, 3.63) is 46.8 Å². The maximum absolute atomic E-state index is 13.1. The summed E-state index contributed by atoms with van der Waals surface area (Å²) in [5.41, 5.74) is 0.161. The van der Waals surface area contributed by atoms with Gasteiger partial charge in [0.15, 0.2) is 0 Å². The fourth-order valence-corrected chi connectivity index (χ4v) is 3.78. The van der Waals surface area contributed by atoms with Crippen LogP contribution in [0, 0.1) is 0 Å². The molecule has 1 amide bonds. The summed E-state index contributed by atoms with van der Waals surface area (Å²) < 4.78 is 42.7. The highest BCUT2D eigenvalue weighted by molar-refractivity contribution is 7.15. The number of thiophene rings is 1. The van der Waals surface area contributed by atoms with Crippen molar-refractivity contribution in [2.75, 3.05) is 19.9 Å². The molecule has 1 aromatic heterocycles. The Kier molecular flexibility index (Phi) is 5.85. The molecule has 0 bridgehead atoms. The lowest BCUT2D eigenvalue weighted by molar-refractivity contribution is -0.182. The van der Waals surface area contributed by atoms with Gasteiger partial charge in [0.1, 0.15) is 18.4 Å². The molecule has 0 radical (unpaired) electrons. The summed E-state index contributed by atoms with van der Waals surface area (Å²) in [6, 6.07) is 8.69. The third-order valence-corrected chi connectivity index (χ3v) is 5.68. The molecule has 0 spiro atoms. The fraction of sp³-hybridized carbons (Fsp3) is 0.389. The lowest BCUT2D eigenvalue weighted by Gasteiger charge is -2.35. The summed E-state index contributed by atoms with van der Waals surface area (Å²) in [4.78, 5) is 12.7. The second kappa shape index (κ2) is 7.97. The first-order valence-electron chi connectivity index (χ1n) is 8.17. The molecule has 2 aromatic rings. The van der Waals surface area contributed by atoms with Crippen molar-refractivity contribution in [3.8, 4) is 10.4 Å². The first-order chi connectivity index (χ1) is 12.8. The molecule has 3 rings (SSSR count). The van der Waals surface area contributed by atoms with Crippen molar-refractivity contribution in [1.82, 2.24) is 5.32 Å². The Morgan fingerprint density at radius 1 is 1.22 bits per heavy atom. The van der Waals surface area contributed by atoms with E-state index in [0.717, 1.165) is 15.3 Å². The van der Waals surface area contributed by atoms with Gasteiger partial charge in [-0.15, -0.1) is 11.3 Å². The number of ether oxygens (including phenoxy) is 1. The van der Waals surface area contributed by atoms with E-state index in [-0.39, 0.29) is 13.2 Å². The van der Waals surface area contributed by atoms with Gasteiger partial charge in [-0.3, -0.25) is 4.79 Å². The zero-order chi connectivity index (χ0) is 19.6. The predicted molar refractivity (Wildman–Crippen MR) is 93.3 cm³/mol. The van der Waals surface area contributed by atoms with Crippen LogP contribution in [0.15, 0.2) is 36.4 Å². The topological polar surface area (TPSA) is 78.8 Å². The molecule has 0 saturated carbocycles. The van der Waals surface area contributed by atoms with E-state index in [1.807, 2.05) is 12.1 Å². The lowest BCUT2D eigenvalue weighted by atomic mass is 10.00. The zero-order valence-corrected chi connectivity index (χ0v) is 14.9. The van der Waals surface area contributed by atoms with E-state index in [0.29, 0.717) is 5.56 Å². The van der Waals surface area contributed by atoms with Crippen LogP contribution in [0.4, 0.5) is 13.2 Å². The molecule has 0 aliphatic carbocycles. The average molecular weight is 401 g/mol. The second-order valence-corrected chi connectivity index (χ2v) is 7.41. The molecule has 1 fully saturated rings. The first kappa shape index (κ1) is 19.8. The van der Waals surface area contributed by atoms with Gasteiger partial charge in [0.05, 0.1) is 19.3 Å². The molecule has 9 heteroatoms. The van der Waals surface area contributed by atoms with E-state index < -0.39 is 36.8 Å². The Balaban J connectivity index is 1.71. The monoisotopic (exact) mass is 401 g/mol. The number of amides is 1. The summed E-state index contributed by atoms with van der Waals surface area (Å²) >= 11 is 1.41. The van der Waals surface area contributed by atoms with Crippen molar-refractivity contribution in [2.24, 2.45) is 0 Å².